The van der Waals surface area contributed by atoms with Crippen LogP contribution in [0.5, 0.6) is 0 Å². The summed E-state index contributed by atoms with van der Waals surface area (Å²) in [5, 5.41) is 0. The van der Waals surface area contributed by atoms with E-state index in [9.17, 15) is 0 Å². The Morgan fingerprint density at radius 3 is 1.59 bits per heavy atom. The molecule has 0 bridgehead atoms. The van der Waals surface area contributed by atoms with Crippen LogP contribution in [0.1, 0.15) is 19.8 Å². The monoisotopic (exact) mass is 486 g/mol. The summed E-state index contributed by atoms with van der Waals surface area (Å²) in [6.45, 7) is 10.1. The van der Waals surface area contributed by atoms with Crippen LogP contribution in [0.3, 0.4) is 0 Å². The van der Waals surface area contributed by atoms with Crippen molar-refractivity contribution < 1.29 is 42.6 Å². The highest BCUT2D eigenvalue weighted by Crippen LogP contribution is 2.15. The lowest BCUT2D eigenvalue weighted by molar-refractivity contribution is -0.176. The van der Waals surface area contributed by atoms with Crippen LogP contribution in [-0.2, 0) is 42.6 Å². The minimum atomic E-state index is -0.743. The molecule has 9 nitrogen and oxygen atoms in total. The number of halogens is 1. The SMILES string of the molecule is CCCCOCC1(OCCOCCCl)COCCOCCOCCOCCOCCOC1. The minimum Gasteiger partial charge on any atom is -0.378 e. The fourth-order valence-corrected chi connectivity index (χ4v) is 2.85. The molecule has 1 saturated heterocycles. The van der Waals surface area contributed by atoms with E-state index < -0.39 is 5.60 Å². The third-order valence-corrected chi connectivity index (χ3v) is 4.61. The number of rotatable bonds is 11. The Balaban J connectivity index is 2.60. The Bertz CT molecular complexity index is 370. The molecule has 0 radical (unpaired) electrons. The first-order valence-electron chi connectivity index (χ1n) is 11.6. The summed E-state index contributed by atoms with van der Waals surface area (Å²) < 4.78 is 51.3. The second-order valence-electron chi connectivity index (χ2n) is 7.29. The van der Waals surface area contributed by atoms with Crippen molar-refractivity contribution in [1.82, 2.24) is 0 Å². The summed E-state index contributed by atoms with van der Waals surface area (Å²) in [6, 6.07) is 0. The van der Waals surface area contributed by atoms with E-state index in [4.69, 9.17) is 54.2 Å². The molecule has 1 aliphatic heterocycles. The van der Waals surface area contributed by atoms with Crippen LogP contribution in [0, 0.1) is 0 Å². The number of hydrogen-bond acceptors (Lipinski definition) is 9. The van der Waals surface area contributed by atoms with Crippen LogP contribution in [0.25, 0.3) is 0 Å². The third-order valence-electron chi connectivity index (χ3n) is 4.46. The predicted molar refractivity (Wildman–Crippen MR) is 121 cm³/mol. The van der Waals surface area contributed by atoms with Gasteiger partial charge in [0, 0.05) is 12.5 Å². The van der Waals surface area contributed by atoms with E-state index in [0.717, 1.165) is 12.8 Å². The first kappa shape index (κ1) is 30.0. The van der Waals surface area contributed by atoms with Crippen LogP contribution in [-0.4, -0.2) is 124 Å². The zero-order chi connectivity index (χ0) is 23.0. The molecule has 1 aliphatic rings. The summed E-state index contributed by atoms with van der Waals surface area (Å²) in [7, 11) is 0. The Morgan fingerprint density at radius 1 is 0.625 bits per heavy atom. The van der Waals surface area contributed by atoms with E-state index in [2.05, 4.69) is 6.92 Å². The molecule has 0 N–H and O–H groups in total. The van der Waals surface area contributed by atoms with Crippen molar-refractivity contribution in [2.45, 2.75) is 25.4 Å². The molecule has 0 aromatic rings. The standard InChI is InChI=1S/C22H43ClO9/c1-2-3-5-29-19-22(32-18-17-24-6-4-23)20-30-15-13-27-11-9-25-7-8-26-10-12-28-14-16-31-21-22/h2-21H2,1H3. The van der Waals surface area contributed by atoms with E-state index in [1.165, 1.54) is 0 Å². The van der Waals surface area contributed by atoms with Gasteiger partial charge in [-0.3, -0.25) is 0 Å². The van der Waals surface area contributed by atoms with E-state index >= 15 is 0 Å². The van der Waals surface area contributed by atoms with E-state index in [0.29, 0.717) is 118 Å². The lowest BCUT2D eigenvalue weighted by Gasteiger charge is -2.33. The van der Waals surface area contributed by atoms with Gasteiger partial charge in [-0.1, -0.05) is 13.3 Å². The molecule has 10 heteroatoms. The van der Waals surface area contributed by atoms with Gasteiger partial charge in [0.1, 0.15) is 5.60 Å². The maximum atomic E-state index is 6.19. The Labute approximate surface area is 198 Å². The normalized spacial score (nSPS) is 20.8. The maximum absolute atomic E-state index is 6.19. The average Bonchev–Trinajstić information content (AvgIpc) is 2.80. The molecule has 0 amide bonds. The van der Waals surface area contributed by atoms with Gasteiger partial charge in [0.15, 0.2) is 0 Å². The van der Waals surface area contributed by atoms with Gasteiger partial charge in [-0.2, -0.15) is 0 Å². The van der Waals surface area contributed by atoms with Crippen LogP contribution in [0.4, 0.5) is 0 Å². The van der Waals surface area contributed by atoms with E-state index in [-0.39, 0.29) is 0 Å². The summed E-state index contributed by atoms with van der Waals surface area (Å²) in [5.74, 6) is 0.452. The first-order chi connectivity index (χ1) is 15.8. The number of unbranched alkanes of at least 4 members (excludes halogenated alkanes) is 1. The zero-order valence-corrected chi connectivity index (χ0v) is 20.5. The minimum absolute atomic E-state index is 0.323. The second-order valence-corrected chi connectivity index (χ2v) is 7.67. The highest BCUT2D eigenvalue weighted by Gasteiger charge is 2.33. The van der Waals surface area contributed by atoms with Crippen molar-refractivity contribution in [3.05, 3.63) is 0 Å². The summed E-state index contributed by atoms with van der Waals surface area (Å²) in [6.07, 6.45) is 2.05. The fourth-order valence-electron chi connectivity index (χ4n) is 2.74. The van der Waals surface area contributed by atoms with Crippen molar-refractivity contribution in [3.63, 3.8) is 0 Å². The van der Waals surface area contributed by atoms with Crippen LogP contribution in [0.15, 0.2) is 0 Å². The van der Waals surface area contributed by atoms with Gasteiger partial charge in [0.05, 0.1) is 106 Å². The molecule has 0 atom stereocenters. The predicted octanol–water partition coefficient (Wildman–Crippen LogP) is 1.93. The first-order valence-corrected chi connectivity index (χ1v) is 12.2. The highest BCUT2D eigenvalue weighted by atomic mass is 35.5. The average molecular weight is 487 g/mol. The van der Waals surface area contributed by atoms with Crippen LogP contribution in [0.2, 0.25) is 0 Å². The Morgan fingerprint density at radius 2 is 1.12 bits per heavy atom. The molecule has 0 aliphatic carbocycles. The largest absolute Gasteiger partial charge is 0.378 e. The highest BCUT2D eigenvalue weighted by molar-refractivity contribution is 6.17. The third kappa shape index (κ3) is 17.4. The summed E-state index contributed by atoms with van der Waals surface area (Å²) in [5.41, 5.74) is -0.743. The number of ether oxygens (including phenoxy) is 9. The fraction of sp³-hybridized carbons (Fsp3) is 1.00. The molecule has 1 fully saturated rings. The van der Waals surface area contributed by atoms with Gasteiger partial charge in [0.2, 0.25) is 0 Å². The molecule has 1 heterocycles. The van der Waals surface area contributed by atoms with Crippen molar-refractivity contribution in [2.75, 3.05) is 118 Å². The van der Waals surface area contributed by atoms with Gasteiger partial charge in [-0.15, -0.1) is 11.6 Å². The van der Waals surface area contributed by atoms with Gasteiger partial charge >= 0.3 is 0 Å². The Hall–Kier alpha value is -0.0700. The molecular weight excluding hydrogens is 444 g/mol. The molecule has 192 valence electrons. The lowest BCUT2D eigenvalue weighted by atomic mass is 10.1. The molecule has 0 spiro atoms. The van der Waals surface area contributed by atoms with Gasteiger partial charge < -0.3 is 42.6 Å². The van der Waals surface area contributed by atoms with Gasteiger partial charge in [0.25, 0.3) is 0 Å². The summed E-state index contributed by atoms with van der Waals surface area (Å²) >= 11 is 5.67. The molecule has 0 aromatic carbocycles. The number of hydrogen-bond donors (Lipinski definition) is 0. The van der Waals surface area contributed by atoms with Crippen LogP contribution >= 0.6 is 11.6 Å². The number of alkyl halides is 1. The topological polar surface area (TPSA) is 83.1 Å². The van der Waals surface area contributed by atoms with Crippen LogP contribution < -0.4 is 0 Å². The molecular formula is C22H43ClO9. The quantitative estimate of drug-likeness (QED) is 0.321. The van der Waals surface area contributed by atoms with Crippen molar-refractivity contribution in [2.24, 2.45) is 0 Å². The van der Waals surface area contributed by atoms with E-state index in [1.807, 2.05) is 0 Å². The lowest BCUT2D eigenvalue weighted by Crippen LogP contribution is -2.48. The van der Waals surface area contributed by atoms with Crippen molar-refractivity contribution in [1.29, 1.82) is 0 Å². The second kappa shape index (κ2) is 22.7. The molecule has 0 saturated carbocycles. The summed E-state index contributed by atoms with van der Waals surface area (Å²) in [4.78, 5) is 0. The zero-order valence-electron chi connectivity index (χ0n) is 19.7. The molecule has 0 unspecified atom stereocenters. The van der Waals surface area contributed by atoms with Crippen molar-refractivity contribution >= 4 is 11.6 Å². The molecule has 0 aromatic heterocycles. The van der Waals surface area contributed by atoms with E-state index in [1.54, 1.807) is 0 Å². The van der Waals surface area contributed by atoms with Gasteiger partial charge in [-0.05, 0) is 6.42 Å². The van der Waals surface area contributed by atoms with Crippen molar-refractivity contribution in [3.8, 4) is 0 Å². The molecule has 1 rings (SSSR count). The smallest absolute Gasteiger partial charge is 0.138 e. The Kier molecular flexibility index (Phi) is 21.3. The maximum Gasteiger partial charge on any atom is 0.138 e. The van der Waals surface area contributed by atoms with Gasteiger partial charge in [-0.25, -0.2) is 0 Å². The molecule has 32 heavy (non-hydrogen) atoms.